The van der Waals surface area contributed by atoms with Gasteiger partial charge in [-0.1, -0.05) is 6.92 Å². The minimum atomic E-state index is -1.08. The highest BCUT2D eigenvalue weighted by Crippen LogP contribution is 2.46. The normalized spacial score (nSPS) is 27.1. The summed E-state index contributed by atoms with van der Waals surface area (Å²) in [5.41, 5.74) is -1.08. The van der Waals surface area contributed by atoms with E-state index in [9.17, 15) is 9.90 Å². The quantitative estimate of drug-likeness (QED) is 0.895. The van der Waals surface area contributed by atoms with Crippen molar-refractivity contribution < 1.29 is 9.90 Å². The smallest absolute Gasteiger partial charge is 0.331 e. The first-order valence-electron chi connectivity index (χ1n) is 6.11. The molecule has 2 rings (SSSR count). The zero-order valence-corrected chi connectivity index (χ0v) is 11.7. The van der Waals surface area contributed by atoms with E-state index in [2.05, 4.69) is 22.4 Å². The number of hydrogen-bond acceptors (Lipinski definition) is 5. The summed E-state index contributed by atoms with van der Waals surface area (Å²) in [4.78, 5) is 11.5. The molecule has 1 fully saturated rings. The third-order valence-corrected chi connectivity index (χ3v) is 5.29. The zero-order valence-electron chi connectivity index (χ0n) is 10.9. The summed E-state index contributed by atoms with van der Waals surface area (Å²) in [5.74, 6) is 0.848. The van der Waals surface area contributed by atoms with Gasteiger partial charge in [0.1, 0.15) is 0 Å². The maximum absolute atomic E-state index is 11.5. The van der Waals surface area contributed by atoms with Crippen LogP contribution in [0.25, 0.3) is 0 Å². The average molecular weight is 270 g/mol. The van der Waals surface area contributed by atoms with Crippen LogP contribution in [0.4, 0.5) is 0 Å². The molecule has 0 saturated carbocycles. The molecule has 2 heterocycles. The Morgan fingerprint density at radius 1 is 1.67 bits per heavy atom. The maximum Gasteiger partial charge on any atom is 0.331 e. The van der Waals surface area contributed by atoms with Gasteiger partial charge < -0.3 is 5.11 Å². The fourth-order valence-corrected chi connectivity index (χ4v) is 3.48. The van der Waals surface area contributed by atoms with E-state index < -0.39 is 11.5 Å². The van der Waals surface area contributed by atoms with Gasteiger partial charge >= 0.3 is 5.97 Å². The third-order valence-electron chi connectivity index (χ3n) is 3.78. The van der Waals surface area contributed by atoms with Gasteiger partial charge in [0.25, 0.3) is 0 Å². The molecule has 7 heteroatoms. The van der Waals surface area contributed by atoms with Gasteiger partial charge in [-0.15, -0.1) is 16.9 Å². The lowest BCUT2D eigenvalue weighted by atomic mass is 9.97. The topological polar surface area (TPSA) is 80.9 Å². The van der Waals surface area contributed by atoms with Crippen LogP contribution < -0.4 is 0 Å². The number of aromatic nitrogens is 4. The number of thioether (sulfide) groups is 1. The number of hydrogen-bond donors (Lipinski definition) is 1. The van der Waals surface area contributed by atoms with Gasteiger partial charge in [-0.3, -0.25) is 0 Å². The van der Waals surface area contributed by atoms with E-state index >= 15 is 0 Å². The van der Waals surface area contributed by atoms with E-state index in [0.717, 1.165) is 18.6 Å². The molecule has 0 aromatic carbocycles. The van der Waals surface area contributed by atoms with E-state index in [1.54, 1.807) is 18.7 Å². The SMILES string of the molecule is CCC(C)(C(=O)O)n1nnnc1C1(C)CCCS1. The van der Waals surface area contributed by atoms with Gasteiger partial charge in [0.05, 0.1) is 4.75 Å². The molecule has 18 heavy (non-hydrogen) atoms. The van der Waals surface area contributed by atoms with Crippen molar-refractivity contribution in [2.75, 3.05) is 5.75 Å². The van der Waals surface area contributed by atoms with Gasteiger partial charge in [0.2, 0.25) is 0 Å². The number of carbonyl (C=O) groups is 1. The molecule has 1 aliphatic heterocycles. The summed E-state index contributed by atoms with van der Waals surface area (Å²) in [6.07, 6.45) is 2.54. The van der Waals surface area contributed by atoms with E-state index in [4.69, 9.17) is 0 Å². The third kappa shape index (κ3) is 1.90. The Morgan fingerprint density at radius 3 is 2.89 bits per heavy atom. The predicted molar refractivity (Wildman–Crippen MR) is 68.4 cm³/mol. The summed E-state index contributed by atoms with van der Waals surface area (Å²) >= 11 is 1.80. The Hall–Kier alpha value is -1.11. The molecule has 1 aliphatic rings. The summed E-state index contributed by atoms with van der Waals surface area (Å²) < 4.78 is 1.32. The van der Waals surface area contributed by atoms with Crippen LogP contribution in [0.15, 0.2) is 0 Å². The van der Waals surface area contributed by atoms with E-state index in [-0.39, 0.29) is 4.75 Å². The molecular weight excluding hydrogens is 252 g/mol. The van der Waals surface area contributed by atoms with Gasteiger partial charge in [-0.2, -0.15) is 0 Å². The highest BCUT2D eigenvalue weighted by Gasteiger charge is 2.43. The van der Waals surface area contributed by atoms with Crippen molar-refractivity contribution in [2.24, 2.45) is 0 Å². The van der Waals surface area contributed by atoms with Crippen LogP contribution in [0.2, 0.25) is 0 Å². The number of carboxylic acids is 1. The second-order valence-electron chi connectivity index (χ2n) is 5.03. The molecule has 2 unspecified atom stereocenters. The highest BCUT2D eigenvalue weighted by atomic mass is 32.2. The molecule has 2 atom stereocenters. The number of tetrazole rings is 1. The minimum Gasteiger partial charge on any atom is -0.479 e. The molecule has 0 spiro atoms. The van der Waals surface area contributed by atoms with Crippen LogP contribution in [-0.2, 0) is 15.1 Å². The molecule has 0 radical (unpaired) electrons. The van der Waals surface area contributed by atoms with Gasteiger partial charge in [-0.05, 0) is 49.3 Å². The van der Waals surface area contributed by atoms with Crippen LogP contribution in [0.3, 0.4) is 0 Å². The fourth-order valence-electron chi connectivity index (χ4n) is 2.20. The van der Waals surface area contributed by atoms with Gasteiger partial charge in [0.15, 0.2) is 11.4 Å². The molecule has 100 valence electrons. The standard InChI is InChI=1S/C11H18N4O2S/c1-4-10(2,9(16)17)15-8(12-13-14-15)11(3)6-5-7-18-11/h4-7H2,1-3H3,(H,16,17). The predicted octanol–water partition coefficient (Wildman–Crippen LogP) is 1.63. The van der Waals surface area contributed by atoms with Crippen LogP contribution in [-0.4, -0.2) is 37.0 Å². The lowest BCUT2D eigenvalue weighted by Gasteiger charge is -2.29. The van der Waals surface area contributed by atoms with Crippen molar-refractivity contribution in [3.05, 3.63) is 5.82 Å². The Kier molecular flexibility index (Phi) is 3.35. The van der Waals surface area contributed by atoms with Crippen LogP contribution >= 0.6 is 11.8 Å². The monoisotopic (exact) mass is 270 g/mol. The Bertz CT molecular complexity index is 456. The lowest BCUT2D eigenvalue weighted by Crippen LogP contribution is -2.42. The maximum atomic E-state index is 11.5. The van der Waals surface area contributed by atoms with E-state index in [1.807, 2.05) is 6.92 Å². The zero-order chi connectivity index (χ0) is 13.4. The Labute approximate surface area is 110 Å². The van der Waals surface area contributed by atoms with Crippen molar-refractivity contribution in [3.63, 3.8) is 0 Å². The summed E-state index contributed by atoms with van der Waals surface area (Å²) in [6, 6.07) is 0. The molecule has 6 nitrogen and oxygen atoms in total. The summed E-state index contributed by atoms with van der Waals surface area (Å²) in [5, 5.41) is 21.1. The van der Waals surface area contributed by atoms with E-state index in [0.29, 0.717) is 12.2 Å². The molecule has 1 N–H and O–H groups in total. The van der Waals surface area contributed by atoms with Crippen molar-refractivity contribution in [2.45, 2.75) is 50.3 Å². The molecular formula is C11H18N4O2S. The first-order valence-corrected chi connectivity index (χ1v) is 7.09. The first kappa shape index (κ1) is 13.3. The molecule has 0 aliphatic carbocycles. The number of aliphatic carboxylic acids is 1. The second-order valence-corrected chi connectivity index (χ2v) is 6.63. The van der Waals surface area contributed by atoms with Crippen molar-refractivity contribution in [3.8, 4) is 0 Å². The van der Waals surface area contributed by atoms with Gasteiger partial charge in [-0.25, -0.2) is 9.48 Å². The van der Waals surface area contributed by atoms with Crippen LogP contribution in [0, 0.1) is 0 Å². The number of carboxylic acid groups (broad SMARTS) is 1. The minimum absolute atomic E-state index is 0.171. The lowest BCUT2D eigenvalue weighted by molar-refractivity contribution is -0.147. The summed E-state index contributed by atoms with van der Waals surface area (Å²) in [6.45, 7) is 5.59. The largest absolute Gasteiger partial charge is 0.479 e. The Morgan fingerprint density at radius 2 is 2.39 bits per heavy atom. The van der Waals surface area contributed by atoms with Crippen molar-refractivity contribution in [1.29, 1.82) is 0 Å². The van der Waals surface area contributed by atoms with Crippen LogP contribution in [0.1, 0.15) is 45.9 Å². The van der Waals surface area contributed by atoms with Crippen molar-refractivity contribution in [1.82, 2.24) is 20.2 Å². The Balaban J connectivity index is 2.47. The highest BCUT2D eigenvalue weighted by molar-refractivity contribution is 8.00. The van der Waals surface area contributed by atoms with Crippen LogP contribution in [0.5, 0.6) is 0 Å². The number of rotatable bonds is 4. The molecule has 0 amide bonds. The first-order chi connectivity index (χ1) is 8.44. The number of nitrogens with zero attached hydrogens (tertiary/aromatic N) is 4. The summed E-state index contributed by atoms with van der Waals surface area (Å²) in [7, 11) is 0. The van der Waals surface area contributed by atoms with Crippen molar-refractivity contribution >= 4 is 17.7 Å². The van der Waals surface area contributed by atoms with E-state index in [1.165, 1.54) is 4.68 Å². The molecule has 1 saturated heterocycles. The fraction of sp³-hybridized carbons (Fsp3) is 0.818. The average Bonchev–Trinajstić information content (AvgIpc) is 2.96. The molecule has 0 bridgehead atoms. The molecule has 1 aromatic heterocycles. The molecule has 1 aromatic rings. The van der Waals surface area contributed by atoms with Gasteiger partial charge in [0, 0.05) is 0 Å². The second kappa shape index (κ2) is 4.53.